The van der Waals surface area contributed by atoms with Crippen molar-refractivity contribution in [3.63, 3.8) is 0 Å². The number of H-pyrrole nitrogens is 1. The highest BCUT2D eigenvalue weighted by Gasteiger charge is 2.49. The summed E-state index contributed by atoms with van der Waals surface area (Å²) in [6.45, 7) is 12.5. The van der Waals surface area contributed by atoms with Crippen molar-refractivity contribution in [1.82, 2.24) is 4.98 Å². The van der Waals surface area contributed by atoms with E-state index >= 15 is 0 Å². The van der Waals surface area contributed by atoms with Crippen molar-refractivity contribution >= 4 is 51.0 Å². The molecule has 0 aliphatic carbocycles. The van der Waals surface area contributed by atoms with Crippen LogP contribution in [-0.4, -0.2) is 93.5 Å². The molecule has 0 saturated heterocycles. The molecule has 1 aromatic heterocycles. The third kappa shape index (κ3) is 7.21. The molecule has 0 spiro atoms. The summed E-state index contributed by atoms with van der Waals surface area (Å²) in [5.41, 5.74) is -0.0435. The van der Waals surface area contributed by atoms with E-state index in [-0.39, 0.29) is 55.4 Å². The third-order valence-electron chi connectivity index (χ3n) is 11.1. The number of amides is 1. The number of rotatable bonds is 3. The van der Waals surface area contributed by atoms with Gasteiger partial charge in [0, 0.05) is 72.7 Å². The number of phenolic OH excluding ortho intramolecular Hbond substituents is 2. The maximum absolute atomic E-state index is 14.4. The molecule has 3 aromatic rings. The van der Waals surface area contributed by atoms with Crippen LogP contribution >= 0.6 is 0 Å². The largest absolute Gasteiger partial charge is 0.507 e. The number of esters is 2. The molecular formula is C41H50N2O13. The fourth-order valence-corrected chi connectivity index (χ4v) is 7.64. The molecule has 56 heavy (non-hydrogen) atoms. The summed E-state index contributed by atoms with van der Waals surface area (Å²) in [4.78, 5) is 56.4. The average Bonchev–Trinajstić information content (AvgIpc) is 3.72. The number of allylic oxidation sites excluding steroid dienone is 2. The Hall–Kier alpha value is -5.38. The fourth-order valence-electron chi connectivity index (χ4n) is 7.64. The Labute approximate surface area is 323 Å². The van der Waals surface area contributed by atoms with Crippen molar-refractivity contribution in [2.75, 3.05) is 19.5 Å². The van der Waals surface area contributed by atoms with E-state index in [0.717, 1.165) is 7.11 Å². The molecule has 0 fully saturated rings. The quantitative estimate of drug-likeness (QED) is 0.147. The van der Waals surface area contributed by atoms with E-state index in [9.17, 15) is 39.6 Å². The number of Topliss-reactive ketones (excluding diaryl/α,β-unsaturated/α-hetero) is 1. The second kappa shape index (κ2) is 16.0. The Bertz CT molecular complexity index is 2170. The van der Waals surface area contributed by atoms with E-state index in [1.807, 2.05) is 0 Å². The number of hydrogen-bond donors (Lipinski definition) is 6. The van der Waals surface area contributed by atoms with Gasteiger partial charge in [0.2, 0.25) is 0 Å². The van der Waals surface area contributed by atoms with Crippen LogP contribution in [0.15, 0.2) is 42.3 Å². The molecule has 2 aliphatic rings. The Balaban J connectivity index is 1.75. The highest BCUT2D eigenvalue weighted by atomic mass is 16.7. The van der Waals surface area contributed by atoms with E-state index in [2.05, 4.69) is 10.3 Å². The lowest BCUT2D eigenvalue weighted by Gasteiger charge is -2.38. The number of nitrogens with one attached hydrogen (secondary N) is 2. The van der Waals surface area contributed by atoms with E-state index in [1.165, 1.54) is 59.4 Å². The number of aliphatic hydroxyl groups is 2. The Kier molecular flexibility index (Phi) is 11.9. The number of aliphatic hydroxyl groups excluding tert-OH is 2. The number of phenols is 2. The first kappa shape index (κ1) is 41.8. The molecule has 15 heteroatoms. The summed E-state index contributed by atoms with van der Waals surface area (Å²) in [6.07, 6.45) is 4.83. The number of hydrogen-bond acceptors (Lipinski definition) is 13. The number of benzene rings is 2. The number of carbonyl (C=O) groups is 4. The van der Waals surface area contributed by atoms with Crippen LogP contribution in [0.5, 0.6) is 17.2 Å². The molecule has 2 aliphatic heterocycles. The van der Waals surface area contributed by atoms with Gasteiger partial charge in [0.15, 0.2) is 5.75 Å². The minimum absolute atomic E-state index is 0.00144. The lowest BCUT2D eigenvalue weighted by atomic mass is 9.78. The number of methoxy groups -OCH3 is 2. The molecule has 0 saturated carbocycles. The monoisotopic (exact) mass is 778 g/mol. The van der Waals surface area contributed by atoms with Gasteiger partial charge in [-0.05, 0) is 19.9 Å². The van der Waals surface area contributed by atoms with Gasteiger partial charge < -0.3 is 54.4 Å². The maximum Gasteiger partial charge on any atom is 0.340 e. The standard InChI is InChI=1S/C41H50N2O13/c1-17-12-11-13-18(2)39(50)43-31-26-24(40(51)53-10)16-42-30(26)27-28(35(31)48)34(47)22(6)37-29(27)38(49)41(8,56-37)54-15-14-25(52-9)19(3)36(55-23(7)44)21(5)33(46)20(4)32(17)45/h11-17,19-21,25,32-33,36,42,45-48H,1-10H3,(H,43,50)/b12-11+,15-14-,18-13+. The molecule has 0 radical (unpaired) electrons. The number of carbonyl (C=O) groups excluding carboxylic acids is 4. The van der Waals surface area contributed by atoms with Crippen LogP contribution in [0.3, 0.4) is 0 Å². The summed E-state index contributed by atoms with van der Waals surface area (Å²) in [7, 11) is 2.59. The van der Waals surface area contributed by atoms with Crippen molar-refractivity contribution in [1.29, 1.82) is 0 Å². The molecular weight excluding hydrogens is 728 g/mol. The van der Waals surface area contributed by atoms with E-state index < -0.39 is 89.0 Å². The summed E-state index contributed by atoms with van der Waals surface area (Å²) in [5, 5.41) is 48.7. The SMILES string of the molecule is COC(=O)c1c[nH]c2c1c1c(O)c3c(O)c(C)c4c(c32)C(=O)C(C)(O/C=C\C(OC)C(C)C(OC(C)=O)C(C)C(O)C(C)C(O)C(C)/C=C/C=C(\C)C(=O)N1)O4. The molecule has 2 aromatic carbocycles. The summed E-state index contributed by atoms with van der Waals surface area (Å²) in [5.74, 6) is -8.42. The normalized spacial score (nSPS) is 31.0. The smallest absolute Gasteiger partial charge is 0.340 e. The molecule has 15 nitrogen and oxygen atoms in total. The second-order valence-corrected chi connectivity index (χ2v) is 14.8. The first-order chi connectivity index (χ1) is 26.3. The predicted molar refractivity (Wildman–Crippen MR) is 205 cm³/mol. The average molecular weight is 779 g/mol. The number of ketones is 1. The van der Waals surface area contributed by atoms with Gasteiger partial charge >= 0.3 is 17.7 Å². The van der Waals surface area contributed by atoms with Crippen LogP contribution in [0, 0.1) is 30.6 Å². The van der Waals surface area contributed by atoms with Crippen molar-refractivity contribution in [2.45, 2.75) is 85.6 Å². The van der Waals surface area contributed by atoms with Crippen LogP contribution in [0.1, 0.15) is 74.7 Å². The molecule has 4 bridgehead atoms. The van der Waals surface area contributed by atoms with Crippen molar-refractivity contribution in [3.05, 3.63) is 59.0 Å². The lowest BCUT2D eigenvalue weighted by molar-refractivity contribution is -0.160. The number of fused-ring (bicyclic) bond motifs is 1. The minimum atomic E-state index is -2.01. The van der Waals surface area contributed by atoms with Crippen molar-refractivity contribution in [3.8, 4) is 17.2 Å². The van der Waals surface area contributed by atoms with E-state index in [0.29, 0.717) is 0 Å². The molecule has 1 amide bonds. The number of ether oxygens (including phenoxy) is 5. The summed E-state index contributed by atoms with van der Waals surface area (Å²) < 4.78 is 28.6. The molecule has 9 unspecified atom stereocenters. The highest BCUT2D eigenvalue weighted by molar-refractivity contribution is 6.30. The fraction of sp³-hybridized carbons (Fsp3) is 0.463. The molecule has 302 valence electrons. The van der Waals surface area contributed by atoms with Gasteiger partial charge in [-0.25, -0.2) is 4.79 Å². The van der Waals surface area contributed by atoms with Crippen LogP contribution in [0.4, 0.5) is 5.69 Å². The Morgan fingerprint density at radius 2 is 1.59 bits per heavy atom. The van der Waals surface area contributed by atoms with Gasteiger partial charge in [-0.3, -0.25) is 14.4 Å². The lowest BCUT2D eigenvalue weighted by Crippen LogP contribution is -2.46. The first-order valence-corrected chi connectivity index (χ1v) is 18.2. The molecule has 5 rings (SSSR count). The van der Waals surface area contributed by atoms with Gasteiger partial charge in [0.25, 0.3) is 11.7 Å². The first-order valence-electron chi connectivity index (χ1n) is 18.2. The topological polar surface area (TPSA) is 223 Å². The van der Waals surface area contributed by atoms with E-state index in [1.54, 1.807) is 39.8 Å². The van der Waals surface area contributed by atoms with Crippen molar-refractivity contribution in [2.24, 2.45) is 23.7 Å². The van der Waals surface area contributed by atoms with Crippen LogP contribution in [0.2, 0.25) is 0 Å². The van der Waals surface area contributed by atoms with Gasteiger partial charge in [0.1, 0.15) is 17.6 Å². The second-order valence-electron chi connectivity index (χ2n) is 14.8. The Morgan fingerprint density at radius 1 is 0.911 bits per heavy atom. The molecule has 6 N–H and O–H groups in total. The summed E-state index contributed by atoms with van der Waals surface area (Å²) in [6, 6.07) is 0. The molecule has 9 atom stereocenters. The predicted octanol–water partition coefficient (Wildman–Crippen LogP) is 5.32. The number of anilines is 1. The van der Waals surface area contributed by atoms with Gasteiger partial charge in [-0.15, -0.1) is 0 Å². The van der Waals surface area contributed by atoms with Gasteiger partial charge in [0.05, 0.1) is 59.4 Å². The third-order valence-corrected chi connectivity index (χ3v) is 11.1. The number of aromatic nitrogens is 1. The van der Waals surface area contributed by atoms with Crippen molar-refractivity contribution < 1.29 is 63.3 Å². The van der Waals surface area contributed by atoms with Crippen LogP contribution in [0.25, 0.3) is 21.7 Å². The zero-order valence-electron chi connectivity index (χ0n) is 33.0. The van der Waals surface area contributed by atoms with Crippen LogP contribution < -0.4 is 10.1 Å². The number of aromatic hydroxyl groups is 2. The zero-order chi connectivity index (χ0) is 41.5. The highest BCUT2D eigenvalue weighted by Crippen LogP contribution is 2.54. The maximum atomic E-state index is 14.4. The van der Waals surface area contributed by atoms with Gasteiger partial charge in [-0.1, -0.05) is 45.9 Å². The van der Waals surface area contributed by atoms with Gasteiger partial charge in [-0.2, -0.15) is 0 Å². The minimum Gasteiger partial charge on any atom is -0.507 e. The molecule has 3 heterocycles. The van der Waals surface area contributed by atoms with E-state index in [4.69, 9.17) is 23.7 Å². The van der Waals surface area contributed by atoms with Crippen LogP contribution in [-0.2, 0) is 28.5 Å². The number of aromatic amines is 1. The summed E-state index contributed by atoms with van der Waals surface area (Å²) >= 11 is 0. The zero-order valence-corrected chi connectivity index (χ0v) is 33.0. The Morgan fingerprint density at radius 3 is 2.21 bits per heavy atom.